The fourth-order valence-corrected chi connectivity index (χ4v) is 3.39. The molecule has 3 atom stereocenters. The van der Waals surface area contributed by atoms with E-state index in [9.17, 15) is 5.11 Å². The fourth-order valence-electron chi connectivity index (χ4n) is 3.39. The minimum Gasteiger partial charge on any atom is -0.480 e. The fraction of sp³-hybridized carbons (Fsp3) is 0.692. The Hall–Kier alpha value is -1.16. The van der Waals surface area contributed by atoms with E-state index in [2.05, 4.69) is 9.97 Å². The van der Waals surface area contributed by atoms with Crippen molar-refractivity contribution in [2.45, 2.75) is 31.8 Å². The normalized spacial score (nSPS) is 32.7. The van der Waals surface area contributed by atoms with Crippen molar-refractivity contribution < 1.29 is 9.84 Å². The zero-order chi connectivity index (χ0) is 11.8. The third kappa shape index (κ3) is 1.80. The largest absolute Gasteiger partial charge is 0.480 e. The van der Waals surface area contributed by atoms with Crippen molar-refractivity contribution in [2.75, 3.05) is 7.11 Å². The molecule has 0 bridgehead atoms. The van der Waals surface area contributed by atoms with Crippen LogP contribution < -0.4 is 4.74 Å². The first kappa shape index (κ1) is 11.0. The molecule has 3 unspecified atom stereocenters. The second-order valence-corrected chi connectivity index (χ2v) is 5.09. The number of rotatable bonds is 3. The van der Waals surface area contributed by atoms with E-state index in [0.717, 1.165) is 0 Å². The Kier molecular flexibility index (Phi) is 2.74. The Morgan fingerprint density at radius 1 is 1.24 bits per heavy atom. The van der Waals surface area contributed by atoms with Gasteiger partial charge in [0.15, 0.2) is 0 Å². The van der Waals surface area contributed by atoms with Gasteiger partial charge in [0.25, 0.3) is 0 Å². The summed E-state index contributed by atoms with van der Waals surface area (Å²) in [4.78, 5) is 8.33. The molecule has 17 heavy (non-hydrogen) atoms. The van der Waals surface area contributed by atoms with Crippen molar-refractivity contribution in [3.63, 3.8) is 0 Å². The van der Waals surface area contributed by atoms with Crippen molar-refractivity contribution in [1.29, 1.82) is 0 Å². The van der Waals surface area contributed by atoms with Gasteiger partial charge in [-0.3, -0.25) is 4.98 Å². The first-order valence-corrected chi connectivity index (χ1v) is 6.36. The molecule has 0 aliphatic heterocycles. The highest BCUT2D eigenvalue weighted by Crippen LogP contribution is 2.60. The minimum absolute atomic E-state index is 0.378. The van der Waals surface area contributed by atoms with E-state index in [1.165, 1.54) is 25.7 Å². The lowest BCUT2D eigenvalue weighted by atomic mass is 10.0. The summed E-state index contributed by atoms with van der Waals surface area (Å²) in [6.07, 6.45) is 7.84. The lowest BCUT2D eigenvalue weighted by Gasteiger charge is -2.12. The smallest absolute Gasteiger partial charge is 0.238 e. The lowest BCUT2D eigenvalue weighted by Crippen LogP contribution is -2.08. The monoisotopic (exact) mass is 234 g/mol. The number of hydrogen-bond acceptors (Lipinski definition) is 4. The third-order valence-electron chi connectivity index (χ3n) is 4.25. The van der Waals surface area contributed by atoms with E-state index >= 15 is 0 Å². The van der Waals surface area contributed by atoms with Gasteiger partial charge in [0.2, 0.25) is 5.88 Å². The van der Waals surface area contributed by atoms with Crippen molar-refractivity contribution in [1.82, 2.24) is 9.97 Å². The van der Waals surface area contributed by atoms with E-state index in [0.29, 0.717) is 29.3 Å². The Labute approximate surface area is 101 Å². The topological polar surface area (TPSA) is 55.2 Å². The van der Waals surface area contributed by atoms with Crippen LogP contribution in [0.1, 0.15) is 37.5 Å². The Balaban J connectivity index is 1.80. The molecule has 2 aliphatic carbocycles. The van der Waals surface area contributed by atoms with Crippen LogP contribution in [0.2, 0.25) is 0 Å². The van der Waals surface area contributed by atoms with Crippen LogP contribution in [0, 0.1) is 17.8 Å². The quantitative estimate of drug-likeness (QED) is 0.868. The van der Waals surface area contributed by atoms with Gasteiger partial charge in [-0.15, -0.1) is 0 Å². The van der Waals surface area contributed by atoms with Crippen LogP contribution in [0.4, 0.5) is 0 Å². The van der Waals surface area contributed by atoms with Gasteiger partial charge in [-0.2, -0.15) is 0 Å². The molecule has 1 aromatic heterocycles. The van der Waals surface area contributed by atoms with Crippen molar-refractivity contribution in [3.8, 4) is 5.88 Å². The molecule has 2 aliphatic rings. The molecule has 0 amide bonds. The van der Waals surface area contributed by atoms with Gasteiger partial charge in [0, 0.05) is 12.4 Å². The number of aliphatic hydroxyl groups excluding tert-OH is 1. The number of aromatic nitrogens is 2. The Bertz CT molecular complexity index is 398. The van der Waals surface area contributed by atoms with Crippen molar-refractivity contribution in [2.24, 2.45) is 17.8 Å². The first-order valence-electron chi connectivity index (χ1n) is 6.36. The third-order valence-corrected chi connectivity index (χ3v) is 4.25. The Morgan fingerprint density at radius 3 is 2.53 bits per heavy atom. The number of fused-ring (bicyclic) bond motifs is 1. The molecule has 4 nitrogen and oxygen atoms in total. The van der Waals surface area contributed by atoms with Gasteiger partial charge in [-0.25, -0.2) is 4.98 Å². The zero-order valence-electron chi connectivity index (χ0n) is 10.0. The Morgan fingerprint density at radius 2 is 1.88 bits per heavy atom. The van der Waals surface area contributed by atoms with Gasteiger partial charge in [0.05, 0.1) is 7.11 Å². The maximum absolute atomic E-state index is 10.4. The van der Waals surface area contributed by atoms with E-state index in [-0.39, 0.29) is 0 Å². The van der Waals surface area contributed by atoms with Crippen LogP contribution in [-0.2, 0) is 0 Å². The summed E-state index contributed by atoms with van der Waals surface area (Å²) in [6.45, 7) is 0. The van der Waals surface area contributed by atoms with Gasteiger partial charge in [-0.05, 0) is 30.6 Å². The summed E-state index contributed by atoms with van der Waals surface area (Å²) in [7, 11) is 1.57. The van der Waals surface area contributed by atoms with E-state index in [4.69, 9.17) is 4.74 Å². The molecule has 0 radical (unpaired) electrons. The average molecular weight is 234 g/mol. The van der Waals surface area contributed by atoms with Crippen LogP contribution in [0.3, 0.4) is 0 Å². The second kappa shape index (κ2) is 4.26. The molecule has 0 saturated heterocycles. The molecular formula is C13H18N2O2. The molecule has 1 aromatic rings. The van der Waals surface area contributed by atoms with Crippen LogP contribution in [-0.4, -0.2) is 22.2 Å². The molecule has 2 saturated carbocycles. The SMILES string of the molecule is COc1nccnc1C(O)C1C2CCCCC21. The highest BCUT2D eigenvalue weighted by atomic mass is 16.5. The minimum atomic E-state index is -0.508. The molecule has 1 N–H and O–H groups in total. The van der Waals surface area contributed by atoms with Crippen molar-refractivity contribution in [3.05, 3.63) is 18.1 Å². The molecule has 92 valence electrons. The summed E-state index contributed by atoms with van der Waals surface area (Å²) in [5.41, 5.74) is 0.606. The molecule has 0 spiro atoms. The van der Waals surface area contributed by atoms with E-state index in [1.807, 2.05) is 0 Å². The average Bonchev–Trinajstić information content (AvgIpc) is 3.12. The highest BCUT2D eigenvalue weighted by molar-refractivity contribution is 5.23. The number of nitrogens with zero attached hydrogens (tertiary/aromatic N) is 2. The summed E-state index contributed by atoms with van der Waals surface area (Å²) < 4.78 is 5.16. The standard InChI is InChI=1S/C13H18N2O2/c1-17-13-11(14-6-7-15-13)12(16)10-8-4-2-3-5-9(8)10/h6-10,12,16H,2-5H2,1H3. The second-order valence-electron chi connectivity index (χ2n) is 5.09. The molecule has 1 heterocycles. The molecule has 0 aromatic carbocycles. The number of ether oxygens (including phenoxy) is 1. The van der Waals surface area contributed by atoms with Crippen LogP contribution in [0.25, 0.3) is 0 Å². The number of methoxy groups -OCH3 is 1. The predicted octanol–water partition coefficient (Wildman–Crippen LogP) is 1.95. The first-order chi connectivity index (χ1) is 8.33. The number of aliphatic hydroxyl groups is 1. The molecule has 2 fully saturated rings. The van der Waals surface area contributed by atoms with Crippen molar-refractivity contribution >= 4 is 0 Å². The summed E-state index contributed by atoms with van der Waals surface area (Å²) in [5, 5.41) is 10.4. The van der Waals surface area contributed by atoms with Gasteiger partial charge < -0.3 is 9.84 Å². The van der Waals surface area contributed by atoms with Crippen LogP contribution >= 0.6 is 0 Å². The number of hydrogen-bond donors (Lipinski definition) is 1. The summed E-state index contributed by atoms with van der Waals surface area (Å²) >= 11 is 0. The molecular weight excluding hydrogens is 216 g/mol. The highest BCUT2D eigenvalue weighted by Gasteiger charge is 2.55. The zero-order valence-corrected chi connectivity index (χ0v) is 10.0. The lowest BCUT2D eigenvalue weighted by molar-refractivity contribution is 0.132. The van der Waals surface area contributed by atoms with E-state index < -0.39 is 6.10 Å². The van der Waals surface area contributed by atoms with Crippen LogP contribution in [0.15, 0.2) is 12.4 Å². The van der Waals surface area contributed by atoms with Gasteiger partial charge >= 0.3 is 0 Å². The summed E-state index contributed by atoms with van der Waals surface area (Å²) in [5.74, 6) is 2.24. The molecule has 3 rings (SSSR count). The molecule has 4 heteroatoms. The predicted molar refractivity (Wildman–Crippen MR) is 62.5 cm³/mol. The van der Waals surface area contributed by atoms with E-state index in [1.54, 1.807) is 19.5 Å². The maximum Gasteiger partial charge on any atom is 0.238 e. The van der Waals surface area contributed by atoms with Crippen LogP contribution in [0.5, 0.6) is 5.88 Å². The summed E-state index contributed by atoms with van der Waals surface area (Å²) in [6, 6.07) is 0. The van der Waals surface area contributed by atoms with Gasteiger partial charge in [-0.1, -0.05) is 12.8 Å². The van der Waals surface area contributed by atoms with Gasteiger partial charge in [0.1, 0.15) is 11.8 Å². The maximum atomic E-state index is 10.4.